The maximum absolute atomic E-state index is 12.1. The van der Waals surface area contributed by atoms with E-state index in [0.29, 0.717) is 13.1 Å². The predicted octanol–water partition coefficient (Wildman–Crippen LogP) is 5.11. The lowest BCUT2D eigenvalue weighted by Gasteiger charge is -2.24. The number of nitrogens with zero attached hydrogens (tertiary/aromatic N) is 3. The van der Waals surface area contributed by atoms with Gasteiger partial charge in [-0.3, -0.25) is 4.90 Å². The number of aromatic nitrogens is 2. The van der Waals surface area contributed by atoms with Crippen LogP contribution < -0.4 is 5.32 Å². The Morgan fingerprint density at radius 3 is 2.78 bits per heavy atom. The smallest absolute Gasteiger partial charge is 0.407 e. The summed E-state index contributed by atoms with van der Waals surface area (Å²) in [5.74, 6) is 0. The highest BCUT2D eigenvalue weighted by Crippen LogP contribution is 2.30. The lowest BCUT2D eigenvalue weighted by molar-refractivity contribution is -0.0370. The van der Waals surface area contributed by atoms with Crippen LogP contribution in [0.25, 0.3) is 16.5 Å². The second-order valence-corrected chi connectivity index (χ2v) is 10.0. The first kappa shape index (κ1) is 24.3. The van der Waals surface area contributed by atoms with Gasteiger partial charge in [-0.1, -0.05) is 18.2 Å². The van der Waals surface area contributed by atoms with Gasteiger partial charge in [0.2, 0.25) is 0 Å². The van der Waals surface area contributed by atoms with Crippen LogP contribution in [0.1, 0.15) is 71.4 Å². The van der Waals surface area contributed by atoms with Gasteiger partial charge in [-0.15, -0.1) is 0 Å². The number of alkyl carbamates (subject to hydrolysis) is 1. The van der Waals surface area contributed by atoms with Gasteiger partial charge in [0.15, 0.2) is 6.23 Å². The number of carbonyl (C=O) groups is 1. The van der Waals surface area contributed by atoms with Crippen molar-refractivity contribution in [2.75, 3.05) is 20.2 Å². The van der Waals surface area contributed by atoms with Gasteiger partial charge in [-0.25, -0.2) is 9.48 Å². The Hall–Kier alpha value is -2.38. The number of fused-ring (bicyclic) bond motifs is 1. The summed E-state index contributed by atoms with van der Waals surface area (Å²) in [4.78, 5) is 14.2. The molecule has 0 aliphatic carbocycles. The van der Waals surface area contributed by atoms with Crippen LogP contribution in [0.2, 0.25) is 0 Å². The number of ether oxygens (including phenoxy) is 2. The minimum absolute atomic E-state index is 0.0238. The second-order valence-electron chi connectivity index (χ2n) is 10.0. The number of amides is 1. The average molecular weight is 443 g/mol. The molecule has 2 aromatic rings. The summed E-state index contributed by atoms with van der Waals surface area (Å²) in [6.45, 7) is 15.8. The first-order valence-corrected chi connectivity index (χ1v) is 11.5. The normalized spacial score (nSPS) is 18.0. The molecule has 1 aromatic carbocycles. The first-order valence-electron chi connectivity index (χ1n) is 11.5. The fourth-order valence-electron chi connectivity index (χ4n) is 4.04. The third-order valence-corrected chi connectivity index (χ3v) is 5.48. The molecule has 0 saturated carbocycles. The maximum Gasteiger partial charge on any atom is 0.407 e. The van der Waals surface area contributed by atoms with E-state index in [9.17, 15) is 4.79 Å². The van der Waals surface area contributed by atoms with Crippen LogP contribution >= 0.6 is 0 Å². The second kappa shape index (κ2) is 10.0. The van der Waals surface area contributed by atoms with Crippen molar-refractivity contribution in [1.29, 1.82) is 0 Å². The minimum Gasteiger partial charge on any atom is -0.445 e. The third-order valence-electron chi connectivity index (χ3n) is 5.48. The quantitative estimate of drug-likeness (QED) is 0.645. The largest absolute Gasteiger partial charge is 0.445 e. The zero-order valence-electron chi connectivity index (χ0n) is 20.4. The van der Waals surface area contributed by atoms with Crippen LogP contribution in [0, 0.1) is 0 Å². The molecule has 0 spiro atoms. The molecule has 2 unspecified atom stereocenters. The maximum atomic E-state index is 12.1. The van der Waals surface area contributed by atoms with Gasteiger partial charge in [0.05, 0.1) is 11.2 Å². The van der Waals surface area contributed by atoms with Gasteiger partial charge >= 0.3 is 6.09 Å². The number of hydrogen-bond donors (Lipinski definition) is 1. The molecule has 0 radical (unpaired) electrons. The first-order chi connectivity index (χ1) is 15.0. The fourth-order valence-corrected chi connectivity index (χ4v) is 4.04. The van der Waals surface area contributed by atoms with Crippen LogP contribution in [-0.4, -0.2) is 52.6 Å². The Balaban J connectivity index is 1.77. The topological polar surface area (TPSA) is 68.6 Å². The van der Waals surface area contributed by atoms with E-state index in [4.69, 9.17) is 14.6 Å². The standard InChI is InChI=1S/C25H38N4O3/c1-17(2)19-11-12-22-20(14-19)21(27-29(22)23-10-8-9-13-31-23)16-28(7)15-18(3)32-24(30)26-25(4,5)6/h11-12,14,18,23H,1,8-10,13,15-16H2,2-7H3,(H,26,30). The van der Waals surface area contributed by atoms with Gasteiger partial charge in [-0.2, -0.15) is 5.10 Å². The minimum atomic E-state index is -0.395. The molecule has 1 aliphatic rings. The highest BCUT2D eigenvalue weighted by Gasteiger charge is 2.23. The van der Waals surface area contributed by atoms with E-state index in [0.717, 1.165) is 53.6 Å². The van der Waals surface area contributed by atoms with E-state index in [1.54, 1.807) is 0 Å². The predicted molar refractivity (Wildman–Crippen MR) is 128 cm³/mol. The number of carbonyl (C=O) groups excluding carboxylic acids is 1. The van der Waals surface area contributed by atoms with Crippen molar-refractivity contribution in [1.82, 2.24) is 20.0 Å². The number of rotatable bonds is 7. The molecular formula is C25H38N4O3. The molecule has 1 saturated heterocycles. The molecule has 3 rings (SSSR count). The van der Waals surface area contributed by atoms with Crippen molar-refractivity contribution in [3.63, 3.8) is 0 Å². The number of benzene rings is 1. The lowest BCUT2D eigenvalue weighted by Crippen LogP contribution is -2.43. The number of likely N-dealkylation sites (N-methyl/N-ethyl adjacent to an activating group) is 1. The van der Waals surface area contributed by atoms with Crippen LogP contribution in [0.15, 0.2) is 24.8 Å². The summed E-state index contributed by atoms with van der Waals surface area (Å²) in [6.07, 6.45) is 2.56. The number of nitrogens with one attached hydrogen (secondary N) is 1. The van der Waals surface area contributed by atoms with E-state index in [1.807, 2.05) is 46.3 Å². The Morgan fingerprint density at radius 1 is 1.41 bits per heavy atom. The van der Waals surface area contributed by atoms with E-state index in [1.165, 1.54) is 0 Å². The Bertz CT molecular complexity index is 954. The molecule has 2 heterocycles. The van der Waals surface area contributed by atoms with Crippen LogP contribution in [0.3, 0.4) is 0 Å². The Labute approximate surface area is 191 Å². The van der Waals surface area contributed by atoms with Gasteiger partial charge in [-0.05, 0) is 78.6 Å². The molecule has 7 nitrogen and oxygen atoms in total. The van der Waals surface area contributed by atoms with Crippen molar-refractivity contribution in [3.8, 4) is 0 Å². The third kappa shape index (κ3) is 6.33. The molecule has 32 heavy (non-hydrogen) atoms. The summed E-state index contributed by atoms with van der Waals surface area (Å²) >= 11 is 0. The molecule has 1 amide bonds. The SMILES string of the molecule is C=C(C)c1ccc2c(c1)c(CN(C)CC(C)OC(=O)NC(C)(C)C)nn2C1CCCCO1. The Morgan fingerprint density at radius 2 is 2.16 bits per heavy atom. The average Bonchev–Trinajstić information content (AvgIpc) is 3.04. The Kier molecular flexibility index (Phi) is 7.62. The van der Waals surface area contributed by atoms with Gasteiger partial charge in [0.1, 0.15) is 6.10 Å². The van der Waals surface area contributed by atoms with Crippen molar-refractivity contribution in [2.45, 2.75) is 78.3 Å². The van der Waals surface area contributed by atoms with Crippen LogP contribution in [-0.2, 0) is 16.0 Å². The summed E-state index contributed by atoms with van der Waals surface area (Å²) in [5, 5.41) is 8.92. The molecule has 1 aliphatic heterocycles. The molecule has 0 bridgehead atoms. The van der Waals surface area contributed by atoms with E-state index >= 15 is 0 Å². The van der Waals surface area contributed by atoms with Gasteiger partial charge in [0, 0.05) is 30.6 Å². The molecule has 1 N–H and O–H groups in total. The zero-order chi connectivity index (χ0) is 23.5. The molecule has 1 fully saturated rings. The molecule has 7 heteroatoms. The van der Waals surface area contributed by atoms with Crippen molar-refractivity contribution < 1.29 is 14.3 Å². The molecule has 2 atom stereocenters. The van der Waals surface area contributed by atoms with Crippen LogP contribution in [0.4, 0.5) is 4.79 Å². The highest BCUT2D eigenvalue weighted by molar-refractivity contribution is 5.85. The number of allylic oxidation sites excluding steroid dienone is 1. The molecule has 1 aromatic heterocycles. The summed E-state index contributed by atoms with van der Waals surface area (Å²) in [5.41, 5.74) is 3.89. The van der Waals surface area contributed by atoms with Crippen molar-refractivity contribution >= 4 is 22.6 Å². The highest BCUT2D eigenvalue weighted by atomic mass is 16.6. The fraction of sp³-hybridized carbons (Fsp3) is 0.600. The zero-order valence-corrected chi connectivity index (χ0v) is 20.4. The lowest BCUT2D eigenvalue weighted by atomic mass is 10.1. The summed E-state index contributed by atoms with van der Waals surface area (Å²) < 4.78 is 13.6. The summed E-state index contributed by atoms with van der Waals surface area (Å²) in [6, 6.07) is 6.39. The van der Waals surface area contributed by atoms with E-state index in [-0.39, 0.29) is 17.9 Å². The van der Waals surface area contributed by atoms with E-state index < -0.39 is 6.09 Å². The number of hydrogen-bond acceptors (Lipinski definition) is 5. The summed E-state index contributed by atoms with van der Waals surface area (Å²) in [7, 11) is 2.02. The van der Waals surface area contributed by atoms with Crippen LogP contribution in [0.5, 0.6) is 0 Å². The molecular weight excluding hydrogens is 404 g/mol. The van der Waals surface area contributed by atoms with Crippen molar-refractivity contribution in [2.24, 2.45) is 0 Å². The van der Waals surface area contributed by atoms with E-state index in [2.05, 4.69) is 35.0 Å². The van der Waals surface area contributed by atoms with Gasteiger partial charge < -0.3 is 14.8 Å². The van der Waals surface area contributed by atoms with Gasteiger partial charge in [0.25, 0.3) is 0 Å². The monoisotopic (exact) mass is 442 g/mol. The molecule has 176 valence electrons. The van der Waals surface area contributed by atoms with Crippen molar-refractivity contribution in [3.05, 3.63) is 36.0 Å².